The second kappa shape index (κ2) is 7.09. The fourth-order valence-corrected chi connectivity index (χ4v) is 2.87. The number of hydrogen-bond acceptors (Lipinski definition) is 4. The zero-order valence-corrected chi connectivity index (χ0v) is 12.1. The Bertz CT molecular complexity index is 362. The van der Waals surface area contributed by atoms with Crippen molar-refractivity contribution in [3.05, 3.63) is 0 Å². The topological polar surface area (TPSA) is 66.5 Å². The van der Waals surface area contributed by atoms with Crippen LogP contribution in [0.4, 0.5) is 0 Å². The predicted octanol–water partition coefficient (Wildman–Crippen LogP) is 0.269. The number of piperidine rings is 1. The summed E-state index contributed by atoms with van der Waals surface area (Å²) in [6.45, 7) is 3.89. The van der Waals surface area contributed by atoms with Crippen LogP contribution in [0.15, 0.2) is 0 Å². The maximum atomic E-state index is 11.9. The summed E-state index contributed by atoms with van der Waals surface area (Å²) in [5.74, 6) is 0.721. The lowest BCUT2D eigenvalue weighted by atomic mass is 9.94. The zero-order valence-electron chi connectivity index (χ0n) is 11.3. The Hall–Kier alpha value is -0.620. The highest BCUT2D eigenvalue weighted by Crippen LogP contribution is 2.16. The van der Waals surface area contributed by atoms with E-state index in [1.54, 1.807) is 18.9 Å². The third kappa shape index (κ3) is 5.35. The summed E-state index contributed by atoms with van der Waals surface area (Å²) in [6, 6.07) is 0. The van der Waals surface area contributed by atoms with Crippen molar-refractivity contribution in [3.63, 3.8) is 0 Å². The predicted molar refractivity (Wildman–Crippen MR) is 72.2 cm³/mol. The summed E-state index contributed by atoms with van der Waals surface area (Å²) >= 11 is 0. The van der Waals surface area contributed by atoms with Gasteiger partial charge in [0, 0.05) is 25.8 Å². The van der Waals surface area contributed by atoms with E-state index >= 15 is 0 Å². The molecule has 0 radical (unpaired) electrons. The van der Waals surface area contributed by atoms with Crippen LogP contribution in [-0.2, 0) is 14.6 Å². The Morgan fingerprint density at radius 1 is 1.33 bits per heavy atom. The second-order valence-corrected chi connectivity index (χ2v) is 7.42. The molecule has 1 N–H and O–H groups in total. The normalized spacial score (nSPS) is 17.7. The van der Waals surface area contributed by atoms with Gasteiger partial charge in [0.25, 0.3) is 0 Å². The van der Waals surface area contributed by atoms with Gasteiger partial charge in [0.15, 0.2) is 9.84 Å². The smallest absolute Gasteiger partial charge is 0.222 e. The number of sulfone groups is 1. The fourth-order valence-electron chi connectivity index (χ4n) is 2.03. The molecule has 5 nitrogen and oxygen atoms in total. The first-order valence-corrected chi connectivity index (χ1v) is 8.42. The number of amides is 1. The van der Waals surface area contributed by atoms with Gasteiger partial charge < -0.3 is 10.2 Å². The Morgan fingerprint density at radius 2 is 1.94 bits per heavy atom. The maximum absolute atomic E-state index is 11.9. The first-order chi connectivity index (χ1) is 8.44. The zero-order chi connectivity index (χ0) is 13.6. The van der Waals surface area contributed by atoms with Crippen LogP contribution in [-0.4, -0.2) is 57.4 Å². The maximum Gasteiger partial charge on any atom is 0.222 e. The third-order valence-corrected chi connectivity index (χ3v) is 5.21. The first-order valence-electron chi connectivity index (χ1n) is 6.59. The Labute approximate surface area is 110 Å². The van der Waals surface area contributed by atoms with Crippen molar-refractivity contribution >= 4 is 15.7 Å². The molecule has 0 bridgehead atoms. The molecule has 0 aromatic rings. The lowest BCUT2D eigenvalue weighted by Gasteiger charge is -2.24. The van der Waals surface area contributed by atoms with E-state index in [0.29, 0.717) is 18.9 Å². The Kier molecular flexibility index (Phi) is 6.08. The number of carbonyl (C=O) groups excluding carboxylic acids is 1. The molecule has 0 spiro atoms. The van der Waals surface area contributed by atoms with Crippen LogP contribution in [0.3, 0.4) is 0 Å². The largest absolute Gasteiger partial charge is 0.345 e. The summed E-state index contributed by atoms with van der Waals surface area (Å²) in [5.41, 5.74) is 0. The third-order valence-electron chi connectivity index (χ3n) is 3.53. The van der Waals surface area contributed by atoms with Crippen molar-refractivity contribution in [1.82, 2.24) is 10.2 Å². The van der Waals surface area contributed by atoms with Crippen molar-refractivity contribution < 1.29 is 13.2 Å². The molecule has 0 aliphatic carbocycles. The molecule has 1 rings (SSSR count). The minimum absolute atomic E-state index is 0.0632. The highest BCUT2D eigenvalue weighted by molar-refractivity contribution is 7.91. The van der Waals surface area contributed by atoms with E-state index < -0.39 is 9.84 Å². The van der Waals surface area contributed by atoms with Gasteiger partial charge in [-0.25, -0.2) is 8.42 Å². The van der Waals surface area contributed by atoms with Crippen LogP contribution in [0.5, 0.6) is 0 Å². The summed E-state index contributed by atoms with van der Waals surface area (Å²) in [6.07, 6.45) is 2.62. The van der Waals surface area contributed by atoms with Crippen LogP contribution in [0, 0.1) is 5.92 Å². The van der Waals surface area contributed by atoms with E-state index in [9.17, 15) is 13.2 Å². The molecule has 1 aliphatic heterocycles. The summed E-state index contributed by atoms with van der Waals surface area (Å²) < 4.78 is 22.7. The van der Waals surface area contributed by atoms with E-state index in [4.69, 9.17) is 0 Å². The monoisotopic (exact) mass is 276 g/mol. The van der Waals surface area contributed by atoms with E-state index in [1.165, 1.54) is 0 Å². The van der Waals surface area contributed by atoms with Crippen LogP contribution in [0.25, 0.3) is 0 Å². The van der Waals surface area contributed by atoms with Gasteiger partial charge in [0.2, 0.25) is 5.91 Å². The van der Waals surface area contributed by atoms with Gasteiger partial charge in [-0.05, 0) is 31.8 Å². The molecule has 18 heavy (non-hydrogen) atoms. The lowest BCUT2D eigenvalue weighted by Crippen LogP contribution is -2.35. The molecule has 6 heteroatoms. The van der Waals surface area contributed by atoms with Crippen molar-refractivity contribution in [2.45, 2.75) is 26.2 Å². The van der Waals surface area contributed by atoms with E-state index in [2.05, 4.69) is 5.32 Å². The van der Waals surface area contributed by atoms with Gasteiger partial charge in [-0.2, -0.15) is 0 Å². The van der Waals surface area contributed by atoms with Crippen molar-refractivity contribution in [1.29, 1.82) is 0 Å². The molecule has 0 aromatic carbocycles. The molecule has 1 aliphatic rings. The highest BCUT2D eigenvalue weighted by Gasteiger charge is 2.20. The van der Waals surface area contributed by atoms with Crippen LogP contribution < -0.4 is 5.32 Å². The molecule has 0 unspecified atom stereocenters. The van der Waals surface area contributed by atoms with Gasteiger partial charge in [-0.1, -0.05) is 6.92 Å². The summed E-state index contributed by atoms with van der Waals surface area (Å²) in [4.78, 5) is 13.5. The number of rotatable bonds is 6. The van der Waals surface area contributed by atoms with Crippen LogP contribution in [0.1, 0.15) is 26.2 Å². The van der Waals surface area contributed by atoms with E-state index in [1.807, 2.05) is 0 Å². The van der Waals surface area contributed by atoms with Crippen molar-refractivity contribution in [3.8, 4) is 0 Å². The van der Waals surface area contributed by atoms with Gasteiger partial charge >= 0.3 is 0 Å². The fraction of sp³-hybridized carbons (Fsp3) is 0.917. The quantitative estimate of drug-likeness (QED) is 0.756. The average Bonchev–Trinajstić information content (AvgIpc) is 2.37. The first kappa shape index (κ1) is 15.4. The van der Waals surface area contributed by atoms with E-state index in [0.717, 1.165) is 25.9 Å². The average molecular weight is 276 g/mol. The van der Waals surface area contributed by atoms with Crippen molar-refractivity contribution in [2.24, 2.45) is 5.92 Å². The number of hydrogen-bond donors (Lipinski definition) is 1. The summed E-state index contributed by atoms with van der Waals surface area (Å²) in [5, 5.41) is 3.27. The molecule has 106 valence electrons. The lowest BCUT2D eigenvalue weighted by molar-refractivity contribution is -0.130. The van der Waals surface area contributed by atoms with Gasteiger partial charge in [0.05, 0.1) is 5.75 Å². The standard InChI is InChI=1S/C12H24N2O3S/c1-3-18(16,17)9-8-14(2)12(15)10-11-4-6-13-7-5-11/h11,13H,3-10H2,1-2H3. The van der Waals surface area contributed by atoms with E-state index in [-0.39, 0.29) is 17.4 Å². The molecule has 0 aromatic heterocycles. The van der Waals surface area contributed by atoms with Crippen LogP contribution >= 0.6 is 0 Å². The van der Waals surface area contributed by atoms with Gasteiger partial charge in [-0.3, -0.25) is 4.79 Å². The van der Waals surface area contributed by atoms with Gasteiger partial charge in [0.1, 0.15) is 0 Å². The molecule has 0 atom stereocenters. The number of nitrogens with one attached hydrogen (secondary N) is 1. The minimum atomic E-state index is -2.99. The van der Waals surface area contributed by atoms with Crippen molar-refractivity contribution in [2.75, 3.05) is 38.2 Å². The molecule has 1 amide bonds. The molecular weight excluding hydrogens is 252 g/mol. The molecule has 1 fully saturated rings. The molecule has 1 saturated heterocycles. The minimum Gasteiger partial charge on any atom is -0.345 e. The van der Waals surface area contributed by atoms with Gasteiger partial charge in [-0.15, -0.1) is 0 Å². The highest BCUT2D eigenvalue weighted by atomic mass is 32.2. The molecule has 0 saturated carbocycles. The summed E-state index contributed by atoms with van der Waals surface area (Å²) in [7, 11) is -1.30. The second-order valence-electron chi connectivity index (χ2n) is 4.95. The molecule has 1 heterocycles. The molecular formula is C12H24N2O3S. The SMILES string of the molecule is CCS(=O)(=O)CCN(C)C(=O)CC1CCNCC1. The number of carbonyl (C=O) groups is 1. The Morgan fingerprint density at radius 3 is 2.50 bits per heavy atom. The van der Waals surface area contributed by atoms with Crippen LogP contribution in [0.2, 0.25) is 0 Å². The number of nitrogens with zero attached hydrogens (tertiary/aromatic N) is 1. The Balaban J connectivity index is 2.32.